The Balaban J connectivity index is 2.61. The average molecular weight is 199 g/mol. The van der Waals surface area contributed by atoms with E-state index in [0.717, 1.165) is 0 Å². The molecular weight excluding hydrogens is 190 g/mol. The average Bonchev–Trinajstić information content (AvgIpc) is 2.16. The summed E-state index contributed by atoms with van der Waals surface area (Å²) in [5.74, 6) is -1.74. The van der Waals surface area contributed by atoms with Gasteiger partial charge in [-0.1, -0.05) is 0 Å². The van der Waals surface area contributed by atoms with E-state index in [-0.39, 0.29) is 18.4 Å². The lowest BCUT2D eigenvalue weighted by Crippen LogP contribution is -2.37. The van der Waals surface area contributed by atoms with Gasteiger partial charge in [-0.15, -0.1) is 0 Å². The van der Waals surface area contributed by atoms with E-state index in [0.29, 0.717) is 0 Å². The van der Waals surface area contributed by atoms with Crippen molar-refractivity contribution in [1.29, 1.82) is 0 Å². The van der Waals surface area contributed by atoms with Crippen LogP contribution in [0.5, 0.6) is 5.75 Å². The summed E-state index contributed by atoms with van der Waals surface area (Å²) < 4.78 is 0. The van der Waals surface area contributed by atoms with Gasteiger partial charge in [-0.25, -0.2) is 0 Å². The molecule has 0 aliphatic carbocycles. The molecule has 0 heterocycles. The van der Waals surface area contributed by atoms with Gasteiger partial charge in [0.15, 0.2) is 5.75 Å². The van der Waals surface area contributed by atoms with E-state index in [4.69, 9.17) is 15.9 Å². The highest BCUT2D eigenvalue weighted by Crippen LogP contribution is 2.11. The summed E-state index contributed by atoms with van der Waals surface area (Å²) in [7, 11) is 0. The molecule has 0 bridgehead atoms. The number of aromatic hydroxyl groups is 1. The molecule has 0 aromatic heterocycles. The quantitative estimate of drug-likeness (QED) is 0.499. The van der Waals surface area contributed by atoms with Crippen LogP contribution in [-0.4, -0.2) is 22.2 Å². The highest BCUT2D eigenvalue weighted by molar-refractivity contribution is 5.73. The van der Waals surface area contributed by atoms with Gasteiger partial charge in [-0.2, -0.15) is 0 Å². The highest BCUT2D eigenvalue weighted by Gasteiger charge is 2.21. The fourth-order valence-electron chi connectivity index (χ4n) is 1.08. The Labute approximate surface area is 78.3 Å². The topological polar surface area (TPSA) is 118 Å². The maximum Gasteiger partial charge on any atom is 0.320 e. The van der Waals surface area contributed by atoms with Crippen LogP contribution in [0.15, 0.2) is 9.59 Å². The van der Waals surface area contributed by atoms with Crippen molar-refractivity contribution >= 4 is 5.97 Å². The van der Waals surface area contributed by atoms with Crippen LogP contribution in [0, 0.1) is 0 Å². The van der Waals surface area contributed by atoms with Crippen molar-refractivity contribution in [3.63, 3.8) is 0 Å². The van der Waals surface area contributed by atoms with E-state index in [2.05, 4.69) is 0 Å². The zero-order chi connectivity index (χ0) is 10.9. The van der Waals surface area contributed by atoms with Crippen molar-refractivity contribution in [1.82, 2.24) is 0 Å². The molecule has 1 rings (SSSR count). The third-order valence-corrected chi connectivity index (χ3v) is 2.00. The van der Waals surface area contributed by atoms with Crippen LogP contribution in [-0.2, 0) is 11.2 Å². The second-order valence-electron chi connectivity index (χ2n) is 2.97. The van der Waals surface area contributed by atoms with E-state index in [9.17, 15) is 14.4 Å². The molecule has 0 aliphatic heterocycles. The third kappa shape index (κ3) is 1.64. The summed E-state index contributed by atoms with van der Waals surface area (Å²) in [5.41, 5.74) is 3.48. The zero-order valence-electron chi connectivity index (χ0n) is 7.19. The fraction of sp³-hybridized carbons (Fsp3) is 0.375. The van der Waals surface area contributed by atoms with E-state index in [1.165, 1.54) is 0 Å². The van der Waals surface area contributed by atoms with Gasteiger partial charge in [0.25, 0.3) is 5.43 Å². The monoisotopic (exact) mass is 199 g/mol. The molecule has 6 nitrogen and oxygen atoms in total. The van der Waals surface area contributed by atoms with E-state index in [1.807, 2.05) is 0 Å². The lowest BCUT2D eigenvalue weighted by Gasteiger charge is -2.07. The first-order valence-corrected chi connectivity index (χ1v) is 3.94. The van der Waals surface area contributed by atoms with Gasteiger partial charge in [0.2, 0.25) is 5.43 Å². The van der Waals surface area contributed by atoms with Gasteiger partial charge in [-0.3, -0.25) is 14.4 Å². The SMILES string of the molecule is NC(CCc1c(O)c(=O)c1=O)C(=O)O. The van der Waals surface area contributed by atoms with Gasteiger partial charge in [0.1, 0.15) is 6.04 Å². The lowest BCUT2D eigenvalue weighted by molar-refractivity contribution is -0.138. The standard InChI is InChI=1S/C8H9NO5/c9-4(8(13)14)2-1-3-5(10)7(12)6(3)11/h4,10H,1-2,9H2,(H,13,14). The van der Waals surface area contributed by atoms with Crippen molar-refractivity contribution in [2.75, 3.05) is 0 Å². The number of hydrogen-bond donors (Lipinski definition) is 3. The summed E-state index contributed by atoms with van der Waals surface area (Å²) >= 11 is 0. The first-order chi connectivity index (χ1) is 6.45. The lowest BCUT2D eigenvalue weighted by atomic mass is 10.0. The predicted octanol–water partition coefficient (Wildman–Crippen LogP) is -1.67. The Morgan fingerprint density at radius 2 is 1.93 bits per heavy atom. The Bertz CT molecular complexity index is 429. The van der Waals surface area contributed by atoms with E-state index >= 15 is 0 Å². The molecule has 1 unspecified atom stereocenters. The van der Waals surface area contributed by atoms with Crippen molar-refractivity contribution in [3.8, 4) is 5.75 Å². The van der Waals surface area contributed by atoms with E-state index < -0.39 is 28.6 Å². The van der Waals surface area contributed by atoms with Crippen LogP contribution >= 0.6 is 0 Å². The van der Waals surface area contributed by atoms with E-state index in [1.54, 1.807) is 0 Å². The number of hydrogen-bond acceptors (Lipinski definition) is 5. The summed E-state index contributed by atoms with van der Waals surface area (Å²) in [6.45, 7) is 0. The van der Waals surface area contributed by atoms with Crippen LogP contribution in [0.3, 0.4) is 0 Å². The molecule has 0 fully saturated rings. The molecule has 4 N–H and O–H groups in total. The second kappa shape index (κ2) is 3.59. The van der Waals surface area contributed by atoms with Crippen LogP contribution in [0.25, 0.3) is 0 Å². The van der Waals surface area contributed by atoms with Gasteiger partial charge in [0, 0.05) is 5.56 Å². The van der Waals surface area contributed by atoms with Gasteiger partial charge >= 0.3 is 5.97 Å². The predicted molar refractivity (Wildman–Crippen MR) is 47.0 cm³/mol. The Hall–Kier alpha value is -1.69. The van der Waals surface area contributed by atoms with Crippen molar-refractivity contribution in [3.05, 3.63) is 26.0 Å². The zero-order valence-corrected chi connectivity index (χ0v) is 7.19. The molecule has 1 aromatic rings. The molecule has 1 atom stereocenters. The number of rotatable bonds is 4. The molecule has 6 heteroatoms. The maximum absolute atomic E-state index is 10.8. The molecule has 0 aliphatic rings. The smallest absolute Gasteiger partial charge is 0.320 e. The Kier molecular flexibility index (Phi) is 2.66. The molecule has 0 amide bonds. The largest absolute Gasteiger partial charge is 0.504 e. The molecule has 0 saturated carbocycles. The number of nitrogens with two attached hydrogens (primary N) is 1. The highest BCUT2D eigenvalue weighted by atomic mass is 16.4. The Morgan fingerprint density at radius 3 is 2.36 bits per heavy atom. The molecule has 0 spiro atoms. The molecule has 14 heavy (non-hydrogen) atoms. The van der Waals surface area contributed by atoms with Crippen LogP contribution in [0.2, 0.25) is 0 Å². The summed E-state index contributed by atoms with van der Waals surface area (Å²) in [6.07, 6.45) is 0.0393. The summed E-state index contributed by atoms with van der Waals surface area (Å²) in [4.78, 5) is 31.6. The number of carboxylic acids is 1. The number of aliphatic carboxylic acids is 1. The summed E-state index contributed by atoms with van der Waals surface area (Å²) in [5, 5.41) is 17.3. The number of carbonyl (C=O) groups is 1. The Morgan fingerprint density at radius 1 is 1.36 bits per heavy atom. The van der Waals surface area contributed by atoms with Gasteiger partial charge in [0.05, 0.1) is 0 Å². The number of carboxylic acid groups (broad SMARTS) is 1. The third-order valence-electron chi connectivity index (χ3n) is 2.00. The summed E-state index contributed by atoms with van der Waals surface area (Å²) in [6, 6.07) is -1.08. The molecule has 1 aromatic carbocycles. The minimum atomic E-state index is -1.18. The maximum atomic E-state index is 10.8. The fourth-order valence-corrected chi connectivity index (χ4v) is 1.08. The first-order valence-electron chi connectivity index (χ1n) is 3.94. The molecular formula is C8H9NO5. The molecule has 0 radical (unpaired) electrons. The van der Waals surface area contributed by atoms with Crippen molar-refractivity contribution in [2.24, 2.45) is 5.73 Å². The first kappa shape index (κ1) is 10.4. The van der Waals surface area contributed by atoms with Gasteiger partial charge in [-0.05, 0) is 12.8 Å². The normalized spacial score (nSPS) is 12.9. The van der Waals surface area contributed by atoms with Crippen LogP contribution < -0.4 is 16.6 Å². The minimum Gasteiger partial charge on any atom is -0.504 e. The van der Waals surface area contributed by atoms with Gasteiger partial charge < -0.3 is 15.9 Å². The minimum absolute atomic E-state index is 0.0177. The van der Waals surface area contributed by atoms with Crippen LogP contribution in [0.1, 0.15) is 12.0 Å². The second-order valence-corrected chi connectivity index (χ2v) is 2.97. The van der Waals surface area contributed by atoms with Crippen LogP contribution in [0.4, 0.5) is 0 Å². The van der Waals surface area contributed by atoms with Crippen molar-refractivity contribution in [2.45, 2.75) is 18.9 Å². The molecule has 76 valence electrons. The van der Waals surface area contributed by atoms with Crippen molar-refractivity contribution < 1.29 is 15.0 Å². The molecule has 0 saturated heterocycles.